The molecule has 0 aliphatic heterocycles. The van der Waals surface area contributed by atoms with Gasteiger partial charge in [0.2, 0.25) is 0 Å². The van der Waals surface area contributed by atoms with Crippen molar-refractivity contribution in [3.05, 3.63) is 28.2 Å². The Morgan fingerprint density at radius 2 is 2.23 bits per heavy atom. The Hall–Kier alpha value is -0.190. The van der Waals surface area contributed by atoms with Gasteiger partial charge in [0.1, 0.15) is 0 Å². The Morgan fingerprint density at radius 3 is 2.77 bits per heavy atom. The average Bonchev–Trinajstić information content (AvgIpc) is 2.10. The number of aliphatic hydroxyl groups is 1. The summed E-state index contributed by atoms with van der Waals surface area (Å²) in [6.45, 7) is 1.93. The quantitative estimate of drug-likeness (QED) is 0.903. The summed E-state index contributed by atoms with van der Waals surface area (Å²) < 4.78 is 12.4. The lowest BCUT2D eigenvalue weighted by atomic mass is 10.2. The molecule has 0 heterocycles. The van der Waals surface area contributed by atoms with E-state index >= 15 is 0 Å². The first kappa shape index (κ1) is 10.9. The van der Waals surface area contributed by atoms with Gasteiger partial charge in [0.15, 0.2) is 0 Å². The zero-order valence-corrected chi connectivity index (χ0v) is 9.69. The maximum atomic E-state index is 11.4. The van der Waals surface area contributed by atoms with Crippen molar-refractivity contribution in [1.29, 1.82) is 0 Å². The summed E-state index contributed by atoms with van der Waals surface area (Å²) in [5, 5.41) is 8.62. The first-order valence-corrected chi connectivity index (χ1v) is 6.01. The largest absolute Gasteiger partial charge is 0.395 e. The molecule has 0 amide bonds. The molecule has 1 rings (SSSR count). The number of benzene rings is 1. The Labute approximate surface area is 88.6 Å². The summed E-state index contributed by atoms with van der Waals surface area (Å²) >= 11 is 3.37. The van der Waals surface area contributed by atoms with E-state index in [0.717, 1.165) is 14.9 Å². The number of hydrogen-bond donors (Lipinski definition) is 1. The van der Waals surface area contributed by atoms with Crippen molar-refractivity contribution in [3.8, 4) is 0 Å². The molecule has 0 aliphatic rings. The highest BCUT2D eigenvalue weighted by Gasteiger charge is 2.04. The Kier molecular flexibility index (Phi) is 4.09. The highest BCUT2D eigenvalue weighted by molar-refractivity contribution is 9.10. The third-order valence-electron chi connectivity index (χ3n) is 1.68. The van der Waals surface area contributed by atoms with E-state index in [1.165, 1.54) is 0 Å². The first-order chi connectivity index (χ1) is 6.15. The minimum absolute atomic E-state index is 0.0435. The summed E-state index contributed by atoms with van der Waals surface area (Å²) in [6.07, 6.45) is 0. The summed E-state index contributed by atoms with van der Waals surface area (Å²) in [5.74, 6) is 0.301. The van der Waals surface area contributed by atoms with Gasteiger partial charge in [-0.3, -0.25) is 4.21 Å². The van der Waals surface area contributed by atoms with E-state index in [1.807, 2.05) is 25.1 Å². The van der Waals surface area contributed by atoms with Crippen molar-refractivity contribution in [2.75, 3.05) is 12.4 Å². The molecule has 0 radical (unpaired) electrons. The molecule has 2 nitrogen and oxygen atoms in total. The average molecular weight is 263 g/mol. The Bertz CT molecular complexity index is 325. The summed E-state index contributed by atoms with van der Waals surface area (Å²) in [6, 6.07) is 5.57. The molecule has 1 atom stereocenters. The molecule has 0 saturated heterocycles. The fourth-order valence-corrected chi connectivity index (χ4v) is 2.32. The van der Waals surface area contributed by atoms with Gasteiger partial charge in [-0.2, -0.15) is 0 Å². The molecule has 4 heteroatoms. The van der Waals surface area contributed by atoms with Gasteiger partial charge in [0, 0.05) is 9.37 Å². The van der Waals surface area contributed by atoms with Gasteiger partial charge in [-0.05, 0) is 24.6 Å². The van der Waals surface area contributed by atoms with Crippen LogP contribution >= 0.6 is 15.9 Å². The maximum absolute atomic E-state index is 11.4. The van der Waals surface area contributed by atoms with Crippen LogP contribution in [0.3, 0.4) is 0 Å². The molecule has 0 aromatic heterocycles. The van der Waals surface area contributed by atoms with Gasteiger partial charge in [-0.1, -0.05) is 22.0 Å². The smallest absolute Gasteiger partial charge is 0.0553 e. The fourth-order valence-electron chi connectivity index (χ4n) is 0.916. The van der Waals surface area contributed by atoms with Crippen molar-refractivity contribution in [2.24, 2.45) is 0 Å². The van der Waals surface area contributed by atoms with E-state index in [2.05, 4.69) is 15.9 Å². The van der Waals surface area contributed by atoms with Crippen molar-refractivity contribution in [1.82, 2.24) is 0 Å². The van der Waals surface area contributed by atoms with Crippen LogP contribution in [0, 0.1) is 6.92 Å². The van der Waals surface area contributed by atoms with Crippen LogP contribution in [0.4, 0.5) is 0 Å². The molecule has 1 aromatic carbocycles. The molecule has 1 unspecified atom stereocenters. The molecule has 13 heavy (non-hydrogen) atoms. The number of hydrogen-bond acceptors (Lipinski definition) is 2. The molecule has 0 aliphatic carbocycles. The van der Waals surface area contributed by atoms with Crippen molar-refractivity contribution in [3.63, 3.8) is 0 Å². The van der Waals surface area contributed by atoms with Crippen LogP contribution in [-0.2, 0) is 10.8 Å². The second kappa shape index (κ2) is 4.88. The minimum Gasteiger partial charge on any atom is -0.395 e. The minimum atomic E-state index is -1.08. The molecule has 0 saturated carbocycles. The SMILES string of the molecule is Cc1ccc(S(=O)CCO)cc1Br. The lowest BCUT2D eigenvalue weighted by molar-refractivity contribution is 0.321. The zero-order valence-electron chi connectivity index (χ0n) is 7.29. The van der Waals surface area contributed by atoms with Crippen LogP contribution in [0.5, 0.6) is 0 Å². The van der Waals surface area contributed by atoms with Gasteiger partial charge in [0.25, 0.3) is 0 Å². The lowest BCUT2D eigenvalue weighted by Crippen LogP contribution is -2.02. The molecule has 1 N–H and O–H groups in total. The maximum Gasteiger partial charge on any atom is 0.0553 e. The van der Waals surface area contributed by atoms with Crippen molar-refractivity contribution < 1.29 is 9.32 Å². The summed E-state index contributed by atoms with van der Waals surface area (Å²) in [4.78, 5) is 0.756. The van der Waals surface area contributed by atoms with Gasteiger partial charge in [0.05, 0.1) is 23.2 Å². The van der Waals surface area contributed by atoms with Gasteiger partial charge in [-0.15, -0.1) is 0 Å². The summed E-state index contributed by atoms with van der Waals surface area (Å²) in [5.41, 5.74) is 1.12. The Morgan fingerprint density at radius 1 is 1.54 bits per heavy atom. The predicted octanol–water partition coefficient (Wildman–Crippen LogP) is 1.86. The van der Waals surface area contributed by atoms with Gasteiger partial charge in [-0.25, -0.2) is 0 Å². The molecule has 0 fully saturated rings. The van der Waals surface area contributed by atoms with Gasteiger partial charge >= 0.3 is 0 Å². The van der Waals surface area contributed by atoms with Crippen LogP contribution < -0.4 is 0 Å². The number of aryl methyl sites for hydroxylation is 1. The van der Waals surface area contributed by atoms with Crippen molar-refractivity contribution >= 4 is 26.7 Å². The molecular formula is C9H11BrO2S. The highest BCUT2D eigenvalue weighted by Crippen LogP contribution is 2.19. The van der Waals surface area contributed by atoms with E-state index in [-0.39, 0.29) is 6.61 Å². The Balaban J connectivity index is 2.90. The van der Waals surface area contributed by atoms with Crippen LogP contribution in [0.2, 0.25) is 0 Å². The van der Waals surface area contributed by atoms with E-state index < -0.39 is 10.8 Å². The van der Waals surface area contributed by atoms with Crippen molar-refractivity contribution in [2.45, 2.75) is 11.8 Å². The van der Waals surface area contributed by atoms with Crippen LogP contribution in [0.1, 0.15) is 5.56 Å². The van der Waals surface area contributed by atoms with E-state index in [4.69, 9.17) is 5.11 Å². The third kappa shape index (κ3) is 2.90. The van der Waals surface area contributed by atoms with Crippen LogP contribution in [0.15, 0.2) is 27.6 Å². The monoisotopic (exact) mass is 262 g/mol. The first-order valence-electron chi connectivity index (χ1n) is 3.90. The number of aliphatic hydroxyl groups excluding tert-OH is 1. The topological polar surface area (TPSA) is 37.3 Å². The molecule has 0 bridgehead atoms. The molecular weight excluding hydrogens is 252 g/mol. The van der Waals surface area contributed by atoms with Crippen LogP contribution in [-0.4, -0.2) is 21.7 Å². The van der Waals surface area contributed by atoms with E-state index in [9.17, 15) is 4.21 Å². The lowest BCUT2D eigenvalue weighted by Gasteiger charge is -2.02. The second-order valence-corrected chi connectivity index (χ2v) is 5.11. The third-order valence-corrected chi connectivity index (χ3v) is 3.87. The van der Waals surface area contributed by atoms with E-state index in [1.54, 1.807) is 0 Å². The predicted molar refractivity (Wildman–Crippen MR) is 57.2 cm³/mol. The molecule has 1 aromatic rings. The molecule has 72 valence electrons. The number of rotatable bonds is 3. The normalized spacial score (nSPS) is 12.8. The fraction of sp³-hybridized carbons (Fsp3) is 0.333. The number of halogens is 1. The van der Waals surface area contributed by atoms with Crippen LogP contribution in [0.25, 0.3) is 0 Å². The second-order valence-electron chi connectivity index (χ2n) is 2.68. The zero-order chi connectivity index (χ0) is 9.84. The summed E-state index contributed by atoms with van der Waals surface area (Å²) in [7, 11) is -1.08. The van der Waals surface area contributed by atoms with E-state index in [0.29, 0.717) is 5.75 Å². The van der Waals surface area contributed by atoms with Gasteiger partial charge < -0.3 is 5.11 Å². The molecule has 0 spiro atoms. The standard InChI is InChI=1S/C9H11BrO2S/c1-7-2-3-8(6-9(7)10)13(12)5-4-11/h2-3,6,11H,4-5H2,1H3. The highest BCUT2D eigenvalue weighted by atomic mass is 79.9.